The first-order chi connectivity index (χ1) is 17.9. The molecule has 0 bridgehead atoms. The Bertz CT molecular complexity index is 1400. The van der Waals surface area contributed by atoms with E-state index in [0.717, 1.165) is 58.2 Å². The summed E-state index contributed by atoms with van der Waals surface area (Å²) in [6.07, 6.45) is 0. The van der Waals surface area contributed by atoms with Crippen LogP contribution in [0.2, 0.25) is 0 Å². The highest BCUT2D eigenvalue weighted by atomic mass is 16.5. The van der Waals surface area contributed by atoms with Crippen molar-refractivity contribution < 1.29 is 24.5 Å². The van der Waals surface area contributed by atoms with Gasteiger partial charge in [0, 0.05) is 37.6 Å². The molecular formula is C30H24N2O5. The van der Waals surface area contributed by atoms with Crippen LogP contribution in [0.1, 0.15) is 43.0 Å². The fraction of sp³-hybridized carbons (Fsp3) is 0.133. The zero-order valence-electron chi connectivity index (χ0n) is 19.9. The van der Waals surface area contributed by atoms with Gasteiger partial charge in [-0.3, -0.25) is 0 Å². The molecule has 37 heavy (non-hydrogen) atoms. The van der Waals surface area contributed by atoms with Gasteiger partial charge in [-0.15, -0.1) is 0 Å². The topological polar surface area (TPSA) is 90.3 Å². The number of hydrogen-bond acceptors (Lipinski definition) is 5. The molecule has 7 heteroatoms. The largest absolute Gasteiger partial charge is 0.478 e. The maximum Gasteiger partial charge on any atom is 0.335 e. The van der Waals surface area contributed by atoms with Gasteiger partial charge >= 0.3 is 11.9 Å². The van der Waals surface area contributed by atoms with Crippen LogP contribution in [-0.4, -0.2) is 22.2 Å². The number of anilines is 2. The second kappa shape index (κ2) is 9.02. The van der Waals surface area contributed by atoms with E-state index in [4.69, 9.17) is 4.74 Å². The van der Waals surface area contributed by atoms with E-state index in [1.165, 1.54) is 0 Å². The molecule has 2 aliphatic heterocycles. The first-order valence-electron chi connectivity index (χ1n) is 12.0. The van der Waals surface area contributed by atoms with E-state index in [1.54, 1.807) is 24.3 Å². The first kappa shape index (κ1) is 22.7. The molecule has 2 heterocycles. The third-order valence-corrected chi connectivity index (χ3v) is 6.99. The Labute approximate surface area is 213 Å². The van der Waals surface area contributed by atoms with E-state index >= 15 is 0 Å². The summed E-state index contributed by atoms with van der Waals surface area (Å²) in [6.45, 7) is 2.84. The molecule has 0 atom stereocenters. The summed E-state index contributed by atoms with van der Waals surface area (Å²) >= 11 is 0. The van der Waals surface area contributed by atoms with Gasteiger partial charge in [0.1, 0.15) is 11.5 Å². The Hall–Kier alpha value is -4.78. The van der Waals surface area contributed by atoms with Crippen molar-refractivity contribution in [3.05, 3.63) is 118 Å². The van der Waals surface area contributed by atoms with Gasteiger partial charge < -0.3 is 24.7 Å². The molecule has 2 aliphatic rings. The highest BCUT2D eigenvalue weighted by Crippen LogP contribution is 2.33. The lowest BCUT2D eigenvalue weighted by Gasteiger charge is -2.19. The van der Waals surface area contributed by atoms with Crippen molar-refractivity contribution in [1.29, 1.82) is 0 Å². The first-order valence-corrected chi connectivity index (χ1v) is 12.0. The lowest BCUT2D eigenvalue weighted by atomic mass is 10.1. The molecule has 0 aromatic heterocycles. The Balaban J connectivity index is 1.09. The van der Waals surface area contributed by atoms with Crippen LogP contribution in [0.25, 0.3) is 0 Å². The summed E-state index contributed by atoms with van der Waals surface area (Å²) in [5.41, 5.74) is 7.12. The number of carboxylic acids is 2. The maximum absolute atomic E-state index is 11.3. The Kier molecular flexibility index (Phi) is 5.53. The van der Waals surface area contributed by atoms with E-state index in [1.807, 2.05) is 60.7 Å². The molecule has 0 amide bonds. The monoisotopic (exact) mass is 492 g/mol. The number of carboxylic acid groups (broad SMARTS) is 2. The van der Waals surface area contributed by atoms with Gasteiger partial charge in [-0.1, -0.05) is 12.1 Å². The second-order valence-electron chi connectivity index (χ2n) is 9.38. The number of ether oxygens (including phenoxy) is 1. The molecule has 0 radical (unpaired) electrons. The zero-order valence-corrected chi connectivity index (χ0v) is 19.9. The van der Waals surface area contributed by atoms with Gasteiger partial charge in [0.05, 0.1) is 11.1 Å². The van der Waals surface area contributed by atoms with Crippen LogP contribution >= 0.6 is 0 Å². The van der Waals surface area contributed by atoms with E-state index in [0.29, 0.717) is 24.2 Å². The van der Waals surface area contributed by atoms with Gasteiger partial charge in [-0.2, -0.15) is 0 Å². The lowest BCUT2D eigenvalue weighted by Crippen LogP contribution is -2.14. The molecule has 4 aromatic rings. The number of benzene rings is 4. The molecule has 0 aliphatic carbocycles. The summed E-state index contributed by atoms with van der Waals surface area (Å²) in [5.74, 6) is -0.349. The van der Waals surface area contributed by atoms with Crippen LogP contribution < -0.4 is 14.5 Å². The van der Waals surface area contributed by atoms with Crippen molar-refractivity contribution in [1.82, 2.24) is 0 Å². The van der Waals surface area contributed by atoms with Crippen molar-refractivity contribution >= 4 is 23.3 Å². The molecular weight excluding hydrogens is 468 g/mol. The summed E-state index contributed by atoms with van der Waals surface area (Å²) < 4.78 is 6.05. The third kappa shape index (κ3) is 4.47. The average Bonchev–Trinajstić information content (AvgIpc) is 3.53. The predicted molar refractivity (Wildman–Crippen MR) is 140 cm³/mol. The van der Waals surface area contributed by atoms with Crippen LogP contribution in [0.5, 0.6) is 11.5 Å². The lowest BCUT2D eigenvalue weighted by molar-refractivity contribution is 0.0686. The summed E-state index contributed by atoms with van der Waals surface area (Å²) in [4.78, 5) is 26.9. The molecule has 0 spiro atoms. The van der Waals surface area contributed by atoms with Crippen LogP contribution in [-0.2, 0) is 26.2 Å². The Morgan fingerprint density at radius 2 is 0.919 bits per heavy atom. The molecule has 7 nitrogen and oxygen atoms in total. The zero-order chi connectivity index (χ0) is 25.5. The van der Waals surface area contributed by atoms with Gasteiger partial charge in [-0.25, -0.2) is 9.59 Å². The van der Waals surface area contributed by atoms with Crippen molar-refractivity contribution in [2.75, 3.05) is 9.80 Å². The minimum absolute atomic E-state index is 0.317. The highest BCUT2D eigenvalue weighted by Gasteiger charge is 2.22. The molecule has 0 saturated heterocycles. The molecule has 184 valence electrons. The van der Waals surface area contributed by atoms with Crippen molar-refractivity contribution in [3.63, 3.8) is 0 Å². The maximum atomic E-state index is 11.3. The van der Waals surface area contributed by atoms with Crippen LogP contribution in [0.4, 0.5) is 11.4 Å². The Morgan fingerprint density at radius 1 is 0.541 bits per heavy atom. The number of carbonyl (C=O) groups is 2. The smallest absolute Gasteiger partial charge is 0.335 e. The number of rotatable bonds is 6. The molecule has 0 saturated carbocycles. The van der Waals surface area contributed by atoms with Gasteiger partial charge in [0.25, 0.3) is 0 Å². The Morgan fingerprint density at radius 3 is 1.30 bits per heavy atom. The van der Waals surface area contributed by atoms with E-state index < -0.39 is 11.9 Å². The minimum Gasteiger partial charge on any atom is -0.478 e. The molecule has 4 aromatic carbocycles. The fourth-order valence-corrected chi connectivity index (χ4v) is 5.01. The quantitative estimate of drug-likeness (QED) is 0.345. The predicted octanol–water partition coefficient (Wildman–Crippen LogP) is 5.92. The second-order valence-corrected chi connectivity index (χ2v) is 9.38. The molecule has 2 N–H and O–H groups in total. The summed E-state index contributed by atoms with van der Waals surface area (Å²) in [5, 5.41) is 18.5. The van der Waals surface area contributed by atoms with Crippen LogP contribution in [0, 0.1) is 0 Å². The average molecular weight is 493 g/mol. The number of nitrogens with zero attached hydrogens (tertiary/aromatic N) is 2. The molecule has 0 unspecified atom stereocenters. The van der Waals surface area contributed by atoms with Crippen molar-refractivity contribution in [2.45, 2.75) is 26.2 Å². The number of hydrogen-bond donors (Lipinski definition) is 2. The SMILES string of the molecule is O=C(O)c1ccc2c(c1)CN(c1ccc(Oc3ccc(N4Cc5ccc(C(=O)O)cc5C4)cc3)cc1)C2. The normalized spacial score (nSPS) is 13.8. The van der Waals surface area contributed by atoms with Crippen molar-refractivity contribution in [3.8, 4) is 11.5 Å². The van der Waals surface area contributed by atoms with Gasteiger partial charge in [0.15, 0.2) is 0 Å². The number of aromatic carboxylic acids is 2. The molecule has 0 fully saturated rings. The minimum atomic E-state index is -0.907. The fourth-order valence-electron chi connectivity index (χ4n) is 5.01. The van der Waals surface area contributed by atoms with E-state index in [-0.39, 0.29) is 0 Å². The summed E-state index contributed by atoms with van der Waals surface area (Å²) in [6, 6.07) is 26.4. The summed E-state index contributed by atoms with van der Waals surface area (Å²) in [7, 11) is 0. The number of fused-ring (bicyclic) bond motifs is 2. The van der Waals surface area contributed by atoms with E-state index in [2.05, 4.69) is 9.80 Å². The van der Waals surface area contributed by atoms with Crippen LogP contribution in [0.3, 0.4) is 0 Å². The molecule has 6 rings (SSSR count). The van der Waals surface area contributed by atoms with Crippen LogP contribution in [0.15, 0.2) is 84.9 Å². The standard InChI is InChI=1S/C30H24N2O5/c33-29(34)19-1-3-21-15-31(17-23(21)13-19)25-5-9-27(10-6-25)37-28-11-7-26(8-12-28)32-16-22-4-2-20(30(35)36)14-24(22)18-32/h1-14H,15-18H2,(H,33,34)(H,35,36). The van der Waals surface area contributed by atoms with Gasteiger partial charge in [-0.05, 0) is 95.1 Å². The van der Waals surface area contributed by atoms with Gasteiger partial charge in [0.2, 0.25) is 0 Å². The highest BCUT2D eigenvalue weighted by molar-refractivity contribution is 5.88. The van der Waals surface area contributed by atoms with E-state index in [9.17, 15) is 19.8 Å². The van der Waals surface area contributed by atoms with Crippen molar-refractivity contribution in [2.24, 2.45) is 0 Å². The third-order valence-electron chi connectivity index (χ3n) is 6.99.